The number of halogens is 6. The third-order valence-electron chi connectivity index (χ3n) is 8.57. The second-order valence-corrected chi connectivity index (χ2v) is 14.7. The summed E-state index contributed by atoms with van der Waals surface area (Å²) in [5.41, 5.74) is -2.54. The Hall–Kier alpha value is -5.55. The lowest BCUT2D eigenvalue weighted by Gasteiger charge is -2.38. The van der Waals surface area contributed by atoms with E-state index in [0.29, 0.717) is 34.1 Å². The van der Waals surface area contributed by atoms with Crippen LogP contribution in [-0.2, 0) is 15.3 Å². The molecule has 0 spiro atoms. The van der Waals surface area contributed by atoms with Crippen LogP contribution in [0.2, 0.25) is 0 Å². The van der Waals surface area contributed by atoms with Crippen molar-refractivity contribution >= 4 is 9.84 Å². The van der Waals surface area contributed by atoms with Gasteiger partial charge >= 0.3 is 12.4 Å². The van der Waals surface area contributed by atoms with Crippen LogP contribution in [0.5, 0.6) is 23.0 Å². The maximum absolute atomic E-state index is 13.8. The lowest BCUT2D eigenvalue weighted by atomic mass is 9.72. The summed E-state index contributed by atoms with van der Waals surface area (Å²) in [7, 11) is -3.64. The van der Waals surface area contributed by atoms with Gasteiger partial charge in [0.25, 0.3) is 0 Å². The van der Waals surface area contributed by atoms with Crippen LogP contribution < -0.4 is 9.47 Å². The number of aryl methyl sites for hydroxylation is 4. The number of alkyl halides is 6. The van der Waals surface area contributed by atoms with E-state index in [1.54, 1.807) is 55.5 Å². The van der Waals surface area contributed by atoms with E-state index in [-0.39, 0.29) is 9.79 Å². The number of hydrogen-bond acceptors (Lipinski definition) is 4. The third-order valence-corrected chi connectivity index (χ3v) is 10.4. The molecule has 0 aliphatic heterocycles. The largest absolute Gasteiger partial charge is 0.457 e. The van der Waals surface area contributed by atoms with E-state index in [1.807, 2.05) is 62.4 Å². The van der Waals surface area contributed by atoms with Gasteiger partial charge in [-0.05, 0) is 112 Å². The van der Waals surface area contributed by atoms with E-state index < -0.39 is 38.7 Å². The Morgan fingerprint density at radius 3 is 1.07 bits per heavy atom. The van der Waals surface area contributed by atoms with Gasteiger partial charge in [-0.25, -0.2) is 8.42 Å². The van der Waals surface area contributed by atoms with E-state index in [2.05, 4.69) is 0 Å². The molecule has 0 aliphatic carbocycles. The smallest absolute Gasteiger partial charge is 0.411 e. The molecule has 6 aromatic carbocycles. The van der Waals surface area contributed by atoms with Gasteiger partial charge in [-0.1, -0.05) is 95.1 Å². The number of sulfone groups is 1. The summed E-state index contributed by atoms with van der Waals surface area (Å²) >= 11 is 0. The zero-order valence-corrected chi connectivity index (χ0v) is 30.5. The van der Waals surface area contributed by atoms with Crippen molar-refractivity contribution in [3.8, 4) is 23.0 Å². The Morgan fingerprint density at radius 2 is 0.741 bits per heavy atom. The monoisotopic (exact) mass is 762 g/mol. The fourth-order valence-electron chi connectivity index (χ4n) is 5.66. The minimum absolute atomic E-state index is 0.205. The molecule has 0 fully saturated rings. The van der Waals surface area contributed by atoms with E-state index in [9.17, 15) is 34.8 Å². The maximum Gasteiger partial charge on any atom is 0.411 e. The molecule has 0 aromatic heterocycles. The van der Waals surface area contributed by atoms with Crippen molar-refractivity contribution in [2.24, 2.45) is 0 Å². The van der Waals surface area contributed by atoms with Crippen molar-refractivity contribution in [1.29, 1.82) is 0 Å². The molecule has 0 radical (unpaired) electrons. The molecule has 0 atom stereocenters. The molecule has 11 heteroatoms. The van der Waals surface area contributed by atoms with Crippen molar-refractivity contribution < 1.29 is 44.2 Å². The summed E-state index contributed by atoms with van der Waals surface area (Å²) < 4.78 is 120. The minimum atomic E-state index is -5.53. The maximum atomic E-state index is 13.8. The molecular formula is C43H36F6O4S. The molecule has 0 unspecified atom stereocenters. The Labute approximate surface area is 310 Å². The predicted octanol–water partition coefficient (Wildman–Crippen LogP) is 12.4. The number of rotatable bonds is 8. The quantitative estimate of drug-likeness (QED) is 0.145. The highest BCUT2D eigenvalue weighted by atomic mass is 32.2. The highest BCUT2D eigenvalue weighted by Crippen LogP contribution is 2.56. The molecule has 6 aromatic rings. The highest BCUT2D eigenvalue weighted by Gasteiger charge is 2.72. The SMILES string of the molecule is Cc1ccc(C(c2cccc(C)c2)(C(F)(F)F)C(F)(F)F)cc1.Cc1ccc(Oc2ccc(S(=O)(=O)c3ccc(Oc4ccc(C)cc4)cc3)cc2)cc1. The van der Waals surface area contributed by atoms with E-state index >= 15 is 0 Å². The van der Waals surface area contributed by atoms with Crippen molar-refractivity contribution in [1.82, 2.24) is 0 Å². The molecule has 280 valence electrons. The van der Waals surface area contributed by atoms with Crippen LogP contribution in [0.15, 0.2) is 155 Å². The van der Waals surface area contributed by atoms with Gasteiger partial charge in [0.05, 0.1) is 9.79 Å². The van der Waals surface area contributed by atoms with Gasteiger partial charge in [0.1, 0.15) is 23.0 Å². The van der Waals surface area contributed by atoms with Crippen LogP contribution in [0.4, 0.5) is 26.3 Å². The Bertz CT molecular complexity index is 2150. The average Bonchev–Trinajstić information content (AvgIpc) is 3.11. The van der Waals surface area contributed by atoms with Crippen molar-refractivity contribution in [3.05, 3.63) is 179 Å². The molecule has 0 saturated carbocycles. The summed E-state index contributed by atoms with van der Waals surface area (Å²) in [5, 5.41) is 0. The second-order valence-electron chi connectivity index (χ2n) is 12.8. The Kier molecular flexibility index (Phi) is 11.6. The van der Waals surface area contributed by atoms with Gasteiger partial charge in [-0.2, -0.15) is 26.3 Å². The fraction of sp³-hybridized carbons (Fsp3) is 0.163. The lowest BCUT2D eigenvalue weighted by molar-refractivity contribution is -0.288. The standard InChI is InChI=1S/C26H22O4S.C17H14F6/c1-19-3-7-21(8-4-19)29-23-11-15-25(16-12-23)31(27,28)26-17-13-24(14-18-26)30-22-9-5-20(2)6-10-22;1-11-6-8-13(9-7-11)15(16(18,19)20,17(21,22)23)14-5-3-4-12(2)10-14/h3-18H,1-2H3;3-10H,1-2H3. The van der Waals surface area contributed by atoms with Crippen LogP contribution in [0.1, 0.15) is 33.4 Å². The fourth-order valence-corrected chi connectivity index (χ4v) is 6.92. The Balaban J connectivity index is 0.000000218. The topological polar surface area (TPSA) is 52.6 Å². The Morgan fingerprint density at radius 1 is 0.407 bits per heavy atom. The van der Waals surface area contributed by atoms with Gasteiger partial charge in [0.2, 0.25) is 15.3 Å². The third kappa shape index (κ3) is 8.80. The van der Waals surface area contributed by atoms with Crippen LogP contribution in [-0.4, -0.2) is 20.8 Å². The first-order chi connectivity index (χ1) is 25.4. The average molecular weight is 763 g/mol. The van der Waals surface area contributed by atoms with Crippen LogP contribution in [0.3, 0.4) is 0 Å². The molecule has 4 nitrogen and oxygen atoms in total. The first-order valence-corrected chi connectivity index (χ1v) is 18.1. The van der Waals surface area contributed by atoms with Gasteiger partial charge in [0.15, 0.2) is 0 Å². The van der Waals surface area contributed by atoms with E-state index in [1.165, 1.54) is 31.2 Å². The van der Waals surface area contributed by atoms with Crippen LogP contribution >= 0.6 is 0 Å². The van der Waals surface area contributed by atoms with Crippen molar-refractivity contribution in [3.63, 3.8) is 0 Å². The van der Waals surface area contributed by atoms with Crippen LogP contribution in [0.25, 0.3) is 0 Å². The van der Waals surface area contributed by atoms with Crippen LogP contribution in [0, 0.1) is 27.7 Å². The minimum Gasteiger partial charge on any atom is -0.457 e. The predicted molar refractivity (Wildman–Crippen MR) is 196 cm³/mol. The summed E-state index contributed by atoms with van der Waals surface area (Å²) in [6.07, 6.45) is -11.1. The highest BCUT2D eigenvalue weighted by molar-refractivity contribution is 7.91. The summed E-state index contributed by atoms with van der Waals surface area (Å²) in [6, 6.07) is 36.9. The molecule has 0 aliphatic rings. The first kappa shape index (κ1) is 39.7. The molecule has 0 bridgehead atoms. The van der Waals surface area contributed by atoms with Gasteiger partial charge in [-0.3, -0.25) is 0 Å². The normalized spacial score (nSPS) is 12.0. The molecule has 0 amide bonds. The molecule has 6 rings (SSSR count). The van der Waals surface area contributed by atoms with Crippen molar-refractivity contribution in [2.45, 2.75) is 55.3 Å². The molecule has 54 heavy (non-hydrogen) atoms. The molecular weight excluding hydrogens is 727 g/mol. The summed E-state index contributed by atoms with van der Waals surface area (Å²) in [6.45, 7) is 7.06. The number of ether oxygens (including phenoxy) is 2. The second kappa shape index (κ2) is 15.8. The van der Waals surface area contributed by atoms with Crippen molar-refractivity contribution in [2.75, 3.05) is 0 Å². The number of benzene rings is 6. The molecule has 0 N–H and O–H groups in total. The zero-order chi connectivity index (χ0) is 39.3. The first-order valence-electron chi connectivity index (χ1n) is 16.6. The lowest BCUT2D eigenvalue weighted by Crippen LogP contribution is -2.54. The number of hydrogen-bond donors (Lipinski definition) is 0. The van der Waals surface area contributed by atoms with Gasteiger partial charge < -0.3 is 9.47 Å². The molecule has 0 saturated heterocycles. The molecule has 0 heterocycles. The summed E-state index contributed by atoms with van der Waals surface area (Å²) in [4.78, 5) is 0.409. The van der Waals surface area contributed by atoms with Gasteiger partial charge in [0, 0.05) is 0 Å². The zero-order valence-electron chi connectivity index (χ0n) is 29.7. The van der Waals surface area contributed by atoms with E-state index in [4.69, 9.17) is 9.47 Å². The summed E-state index contributed by atoms with van der Waals surface area (Å²) in [5.74, 6) is 2.55. The van der Waals surface area contributed by atoms with E-state index in [0.717, 1.165) is 35.4 Å². The van der Waals surface area contributed by atoms with Gasteiger partial charge in [-0.15, -0.1) is 0 Å².